The van der Waals surface area contributed by atoms with Gasteiger partial charge in [0.25, 0.3) is 31.7 Å². The van der Waals surface area contributed by atoms with E-state index in [1.54, 1.807) is 18.2 Å². The molecule has 4 atom stereocenters. The van der Waals surface area contributed by atoms with Crippen LogP contribution < -0.4 is 20.3 Å². The van der Waals surface area contributed by atoms with E-state index in [-0.39, 0.29) is 54.3 Å². The first-order valence-electron chi connectivity index (χ1n) is 28.7. The molecule has 12 rings (SSSR count). The van der Waals surface area contributed by atoms with E-state index in [9.17, 15) is 49.2 Å². The van der Waals surface area contributed by atoms with Crippen LogP contribution >= 0.6 is 23.4 Å². The molecule has 6 aliphatic heterocycles. The van der Waals surface area contributed by atoms with Crippen LogP contribution in [0.4, 0.5) is 24.5 Å². The standard InChI is InChI=1S/C62H68ClF3N8O8S3/c1-61(2)24-22-52(41-9-13-45(63)14-10-41)44(33-61)35-70-26-28-72(29-27-70)47-15-11-42(12-16-47)58(76)69-85(81,82)51-17-19-54(56(32-51)84(79,80)62(64,65)66)67-46(39-83-50-6-4-3-5-7-50)23-25-73-48-31-49(73)38-71(37-48)34-40-8-18-53-43(30-40)36-74(60(53)78)55-20-21-57(75)68-59(55)77/h3-19,30,32,46,48-49,55,67H,20-29,31,33-39H2,1-2H3,(H,69,76)(H,68,75,77)/t46-,48?,49?,55?/m1/s1. The van der Waals surface area contributed by atoms with E-state index in [0.717, 1.165) is 105 Å². The summed E-state index contributed by atoms with van der Waals surface area (Å²) < 4.78 is 100. The highest BCUT2D eigenvalue weighted by Gasteiger charge is 2.49. The lowest BCUT2D eigenvalue weighted by atomic mass is 9.73. The van der Waals surface area contributed by atoms with Gasteiger partial charge in [-0.15, -0.1) is 11.8 Å². The summed E-state index contributed by atoms with van der Waals surface area (Å²) in [7, 11) is -11.1. The first-order chi connectivity index (χ1) is 40.5. The molecule has 0 spiro atoms. The lowest BCUT2D eigenvalue weighted by Gasteiger charge is -2.57. The molecular weight excluding hydrogens is 1170 g/mol. The van der Waals surface area contributed by atoms with E-state index in [1.165, 1.54) is 45.5 Å². The van der Waals surface area contributed by atoms with Gasteiger partial charge in [-0.05, 0) is 139 Å². The van der Waals surface area contributed by atoms with Gasteiger partial charge in [-0.3, -0.25) is 39.2 Å². The third-order valence-corrected chi connectivity index (χ3v) is 21.7. The van der Waals surface area contributed by atoms with Crippen LogP contribution in [0.25, 0.3) is 5.57 Å². The monoisotopic (exact) mass is 1240 g/mol. The number of anilines is 2. The third-order valence-electron chi connectivity index (χ3n) is 17.4. The number of carbonyl (C=O) groups excluding carboxylic acids is 4. The molecule has 3 unspecified atom stereocenters. The molecule has 4 amide bonds. The van der Waals surface area contributed by atoms with Crippen LogP contribution in [0.5, 0.6) is 0 Å². The van der Waals surface area contributed by atoms with Crippen molar-refractivity contribution in [2.24, 2.45) is 5.41 Å². The highest BCUT2D eigenvalue weighted by molar-refractivity contribution is 7.99. The van der Waals surface area contributed by atoms with E-state index in [2.05, 4.69) is 56.2 Å². The van der Waals surface area contributed by atoms with Gasteiger partial charge in [0.1, 0.15) is 10.9 Å². The minimum atomic E-state index is -6.14. The molecule has 5 aromatic carbocycles. The van der Waals surface area contributed by atoms with Crippen LogP contribution in [0.15, 0.2) is 136 Å². The molecule has 0 radical (unpaired) electrons. The van der Waals surface area contributed by atoms with Gasteiger partial charge in [-0.1, -0.05) is 73.5 Å². The maximum Gasteiger partial charge on any atom is 0.501 e. The van der Waals surface area contributed by atoms with E-state index in [1.807, 2.05) is 59.3 Å². The van der Waals surface area contributed by atoms with Crippen LogP contribution in [0, 0.1) is 5.41 Å². The zero-order chi connectivity index (χ0) is 60.0. The number of thioether (sulfide) groups is 1. The summed E-state index contributed by atoms with van der Waals surface area (Å²) >= 11 is 7.65. The minimum absolute atomic E-state index is 0.0221. The number of imide groups is 1. The number of piperazine rings is 2. The predicted octanol–water partition coefficient (Wildman–Crippen LogP) is 9.22. The molecule has 0 aromatic heterocycles. The van der Waals surface area contributed by atoms with Crippen LogP contribution in [0.2, 0.25) is 5.02 Å². The number of hydrogen-bond acceptors (Lipinski definition) is 14. The predicted molar refractivity (Wildman–Crippen MR) is 321 cm³/mol. The zero-order valence-corrected chi connectivity index (χ0v) is 50.5. The van der Waals surface area contributed by atoms with Crippen molar-refractivity contribution >= 4 is 83.8 Å². The fourth-order valence-electron chi connectivity index (χ4n) is 12.9. The Labute approximate surface area is 503 Å². The molecule has 5 aromatic rings. The maximum atomic E-state index is 14.5. The van der Waals surface area contributed by atoms with Crippen molar-refractivity contribution in [1.82, 2.24) is 29.6 Å². The molecule has 7 aliphatic rings. The molecule has 5 fully saturated rings. The number of sulfonamides is 1. The van der Waals surface area contributed by atoms with Gasteiger partial charge in [0.05, 0.1) is 10.6 Å². The highest BCUT2D eigenvalue weighted by Crippen LogP contribution is 2.44. The average molecular weight is 1240 g/mol. The van der Waals surface area contributed by atoms with E-state index in [4.69, 9.17) is 11.6 Å². The van der Waals surface area contributed by atoms with Gasteiger partial charge in [0, 0.05) is 122 Å². The van der Waals surface area contributed by atoms with Crippen LogP contribution in [-0.4, -0.2) is 148 Å². The van der Waals surface area contributed by atoms with Crippen LogP contribution in [0.1, 0.15) is 96.2 Å². The lowest BCUT2D eigenvalue weighted by molar-refractivity contribution is -0.136. The van der Waals surface area contributed by atoms with E-state index < -0.39 is 64.7 Å². The number of sulfone groups is 1. The molecule has 1 aliphatic carbocycles. The van der Waals surface area contributed by atoms with Gasteiger partial charge < -0.3 is 15.1 Å². The smallest absolute Gasteiger partial charge is 0.380 e. The van der Waals surface area contributed by atoms with Crippen molar-refractivity contribution in [3.8, 4) is 0 Å². The van der Waals surface area contributed by atoms with Crippen LogP contribution in [-0.2, 0) is 42.5 Å². The number of piperidine rings is 2. The molecule has 0 saturated carbocycles. The number of carbonyl (C=O) groups is 4. The molecule has 85 heavy (non-hydrogen) atoms. The summed E-state index contributed by atoms with van der Waals surface area (Å²) in [6, 6.07) is 31.0. The Morgan fingerprint density at radius 2 is 1.55 bits per heavy atom. The molecule has 5 saturated heterocycles. The highest BCUT2D eigenvalue weighted by atomic mass is 35.5. The Kier molecular flexibility index (Phi) is 17.4. The molecule has 23 heteroatoms. The number of allylic oxidation sites excluding steroid dienone is 1. The Balaban J connectivity index is 0.726. The zero-order valence-electron chi connectivity index (χ0n) is 47.2. The Morgan fingerprint density at radius 3 is 2.25 bits per heavy atom. The molecule has 2 bridgehead atoms. The summed E-state index contributed by atoms with van der Waals surface area (Å²) in [6.07, 6.45) is 4.91. The van der Waals surface area contributed by atoms with Crippen molar-refractivity contribution in [2.75, 3.05) is 68.3 Å². The van der Waals surface area contributed by atoms with Gasteiger partial charge in [0.2, 0.25) is 11.8 Å². The van der Waals surface area contributed by atoms with Crippen molar-refractivity contribution < 1.29 is 49.2 Å². The van der Waals surface area contributed by atoms with Gasteiger partial charge in [-0.2, -0.15) is 13.2 Å². The molecule has 16 nitrogen and oxygen atoms in total. The molecule has 6 heterocycles. The summed E-state index contributed by atoms with van der Waals surface area (Å²) in [5.74, 6) is -1.77. The second kappa shape index (κ2) is 24.5. The summed E-state index contributed by atoms with van der Waals surface area (Å²) in [5.41, 5.74) is 1.19. The Hall–Kier alpha value is -6.27. The number of benzene rings is 5. The second-order valence-corrected chi connectivity index (χ2v) is 29.0. The van der Waals surface area contributed by atoms with E-state index >= 15 is 0 Å². The normalized spacial score (nSPS) is 21.8. The average Bonchev–Trinajstić information content (AvgIpc) is 2.61. The van der Waals surface area contributed by atoms with Crippen molar-refractivity contribution in [2.45, 2.75) is 116 Å². The minimum Gasteiger partial charge on any atom is -0.380 e. The number of rotatable bonds is 19. The Morgan fingerprint density at radius 1 is 0.835 bits per heavy atom. The number of hydrogen-bond donors (Lipinski definition) is 3. The quantitative estimate of drug-likeness (QED) is 0.0524. The first kappa shape index (κ1) is 60.4. The summed E-state index contributed by atoms with van der Waals surface area (Å²) in [6.45, 7) is 11.4. The molecule has 450 valence electrons. The second-order valence-electron chi connectivity index (χ2n) is 23.9. The van der Waals surface area contributed by atoms with Gasteiger partial charge in [-0.25, -0.2) is 21.6 Å². The SMILES string of the molecule is CC1(C)CCC(c2ccc(Cl)cc2)=C(CN2CCN(c3ccc(C(=O)NS(=O)(=O)c4ccc(N[C@H](CCN5C6CC5CN(Cc5ccc7c(c5)CN(C5CCC(=O)NC5=O)C7=O)C6)CSc5ccccc5)c(S(=O)(=O)C(F)(F)F)c4)cc3)CC2)C1. The number of alkyl halides is 3. The number of fused-ring (bicyclic) bond motifs is 3. The summed E-state index contributed by atoms with van der Waals surface area (Å²) in [5, 5.41) is 6.11. The van der Waals surface area contributed by atoms with Crippen LogP contribution in [0.3, 0.4) is 0 Å². The topological polar surface area (TPSA) is 189 Å². The number of nitrogens with one attached hydrogen (secondary N) is 3. The van der Waals surface area contributed by atoms with Gasteiger partial charge in [0.15, 0.2) is 0 Å². The fourth-order valence-corrected chi connectivity index (χ4v) is 16.0. The Bertz CT molecular complexity index is 3630. The third kappa shape index (κ3) is 13.5. The maximum absolute atomic E-state index is 14.5. The number of halogens is 4. The number of amides is 4. The van der Waals surface area contributed by atoms with Gasteiger partial charge >= 0.3 is 5.51 Å². The van der Waals surface area contributed by atoms with Crippen molar-refractivity contribution in [1.29, 1.82) is 0 Å². The molecular formula is C62H68ClF3N8O8S3. The van der Waals surface area contributed by atoms with E-state index in [0.29, 0.717) is 41.9 Å². The largest absolute Gasteiger partial charge is 0.501 e. The van der Waals surface area contributed by atoms with Crippen molar-refractivity contribution in [3.63, 3.8) is 0 Å². The number of nitrogens with zero attached hydrogens (tertiary/aromatic N) is 5. The lowest BCUT2D eigenvalue weighted by Crippen LogP contribution is -2.68. The fraction of sp³-hybridized carbons (Fsp3) is 0.419. The first-order valence-corrected chi connectivity index (χ1v) is 33.1. The van der Waals surface area contributed by atoms with Crippen molar-refractivity contribution in [3.05, 3.63) is 154 Å². The molecule has 3 N–H and O–H groups in total. The summed E-state index contributed by atoms with van der Waals surface area (Å²) in [4.78, 5) is 60.8.